The number of hydrogen-bond acceptors (Lipinski definition) is 2. The van der Waals surface area contributed by atoms with Crippen molar-refractivity contribution in [3.8, 4) is 0 Å². The molecule has 0 radical (unpaired) electrons. The Labute approximate surface area is 92.5 Å². The molecule has 0 aliphatic heterocycles. The van der Waals surface area contributed by atoms with Crippen LogP contribution in [-0.4, -0.2) is 15.6 Å². The first-order chi connectivity index (χ1) is 6.22. The van der Waals surface area contributed by atoms with Gasteiger partial charge in [-0.25, -0.2) is 0 Å². The van der Waals surface area contributed by atoms with Gasteiger partial charge in [0, 0.05) is 16.2 Å². The van der Waals surface area contributed by atoms with Gasteiger partial charge in [-0.05, 0) is 17.7 Å². The molecule has 1 unspecified atom stereocenters. The average molecular weight is 291 g/mol. The Balaban J connectivity index is 2.56. The molecule has 0 fully saturated rings. The van der Waals surface area contributed by atoms with Crippen LogP contribution < -0.4 is 5.32 Å². The lowest BCUT2D eigenvalue weighted by Gasteiger charge is -2.08. The standard InChI is InChI=1S/C10H14INO/c1-8(11)6-12-10-4-2-3-9(5-10)7-13/h2-5,8,12-13H,6-7H2,1H3. The molecule has 0 aliphatic rings. The number of anilines is 1. The van der Waals surface area contributed by atoms with Crippen LogP contribution in [0.5, 0.6) is 0 Å². The monoisotopic (exact) mass is 291 g/mol. The number of hydrogen-bond donors (Lipinski definition) is 2. The second-order valence-electron chi connectivity index (χ2n) is 3.02. The van der Waals surface area contributed by atoms with E-state index in [-0.39, 0.29) is 6.61 Å². The van der Waals surface area contributed by atoms with E-state index in [9.17, 15) is 0 Å². The van der Waals surface area contributed by atoms with Crippen molar-refractivity contribution in [3.05, 3.63) is 29.8 Å². The highest BCUT2D eigenvalue weighted by atomic mass is 127. The number of aliphatic hydroxyl groups is 1. The third-order valence-electron chi connectivity index (χ3n) is 1.70. The quantitative estimate of drug-likeness (QED) is 0.659. The number of aliphatic hydroxyl groups excluding tert-OH is 1. The summed E-state index contributed by atoms with van der Waals surface area (Å²) in [5.41, 5.74) is 2.03. The minimum Gasteiger partial charge on any atom is -0.392 e. The van der Waals surface area contributed by atoms with E-state index in [1.54, 1.807) is 0 Å². The molecule has 3 heteroatoms. The summed E-state index contributed by atoms with van der Waals surface area (Å²) in [7, 11) is 0. The van der Waals surface area contributed by atoms with Crippen LogP contribution in [0.15, 0.2) is 24.3 Å². The number of nitrogens with one attached hydrogen (secondary N) is 1. The highest BCUT2D eigenvalue weighted by Crippen LogP contribution is 2.11. The van der Waals surface area contributed by atoms with E-state index in [1.807, 2.05) is 24.3 Å². The fourth-order valence-corrected chi connectivity index (χ4v) is 1.26. The van der Waals surface area contributed by atoms with Crippen molar-refractivity contribution < 1.29 is 5.11 Å². The molecule has 0 heterocycles. The highest BCUT2D eigenvalue weighted by Gasteiger charge is 1.96. The van der Waals surface area contributed by atoms with E-state index in [4.69, 9.17) is 5.11 Å². The summed E-state index contributed by atoms with van der Waals surface area (Å²) < 4.78 is 0.607. The van der Waals surface area contributed by atoms with Gasteiger partial charge >= 0.3 is 0 Å². The molecule has 13 heavy (non-hydrogen) atoms. The largest absolute Gasteiger partial charge is 0.392 e. The Morgan fingerprint density at radius 2 is 2.31 bits per heavy atom. The molecule has 2 nitrogen and oxygen atoms in total. The van der Waals surface area contributed by atoms with Gasteiger partial charge < -0.3 is 10.4 Å². The van der Waals surface area contributed by atoms with Crippen molar-refractivity contribution in [3.63, 3.8) is 0 Å². The predicted molar refractivity (Wildman–Crippen MR) is 64.3 cm³/mol. The Morgan fingerprint density at radius 3 is 2.92 bits per heavy atom. The molecule has 0 spiro atoms. The molecule has 1 rings (SSSR count). The molecule has 1 aromatic carbocycles. The van der Waals surface area contributed by atoms with Crippen LogP contribution in [0.3, 0.4) is 0 Å². The lowest BCUT2D eigenvalue weighted by Crippen LogP contribution is -2.09. The molecule has 0 bridgehead atoms. The summed E-state index contributed by atoms with van der Waals surface area (Å²) >= 11 is 2.38. The van der Waals surface area contributed by atoms with Gasteiger partial charge in [0.25, 0.3) is 0 Å². The van der Waals surface area contributed by atoms with Crippen LogP contribution in [-0.2, 0) is 6.61 Å². The molecule has 0 aromatic heterocycles. The summed E-state index contributed by atoms with van der Waals surface area (Å²) in [5, 5.41) is 12.2. The van der Waals surface area contributed by atoms with E-state index >= 15 is 0 Å². The highest BCUT2D eigenvalue weighted by molar-refractivity contribution is 14.1. The Kier molecular flexibility index (Phi) is 4.52. The minimum absolute atomic E-state index is 0.106. The number of halogens is 1. The number of benzene rings is 1. The first-order valence-corrected chi connectivity index (χ1v) is 5.54. The van der Waals surface area contributed by atoms with Crippen LogP contribution >= 0.6 is 22.6 Å². The zero-order valence-electron chi connectivity index (χ0n) is 7.63. The second kappa shape index (κ2) is 5.44. The van der Waals surface area contributed by atoms with Gasteiger partial charge in [-0.1, -0.05) is 41.6 Å². The normalized spacial score (nSPS) is 12.5. The van der Waals surface area contributed by atoms with Gasteiger partial charge in [0.05, 0.1) is 6.61 Å². The first-order valence-electron chi connectivity index (χ1n) is 4.30. The third-order valence-corrected chi connectivity index (χ3v) is 2.14. The molecule has 0 saturated heterocycles. The Morgan fingerprint density at radius 1 is 1.54 bits per heavy atom. The maximum absolute atomic E-state index is 8.91. The van der Waals surface area contributed by atoms with E-state index in [0.29, 0.717) is 3.92 Å². The van der Waals surface area contributed by atoms with Gasteiger partial charge in [-0.15, -0.1) is 0 Å². The van der Waals surface area contributed by atoms with Crippen molar-refractivity contribution in [1.82, 2.24) is 0 Å². The molecule has 0 aliphatic carbocycles. The fourth-order valence-electron chi connectivity index (χ4n) is 1.04. The molecule has 2 N–H and O–H groups in total. The molecular weight excluding hydrogens is 277 g/mol. The maximum Gasteiger partial charge on any atom is 0.0682 e. The maximum atomic E-state index is 8.91. The summed E-state index contributed by atoms with van der Waals surface area (Å²) in [5.74, 6) is 0. The molecular formula is C10H14INO. The molecule has 1 aromatic rings. The van der Waals surface area contributed by atoms with Crippen molar-refractivity contribution in [2.75, 3.05) is 11.9 Å². The van der Waals surface area contributed by atoms with E-state index in [0.717, 1.165) is 17.8 Å². The van der Waals surface area contributed by atoms with Crippen LogP contribution in [0.1, 0.15) is 12.5 Å². The SMILES string of the molecule is CC(I)CNc1cccc(CO)c1. The number of rotatable bonds is 4. The Hall–Kier alpha value is -0.290. The summed E-state index contributed by atoms with van der Waals surface area (Å²) in [6.07, 6.45) is 0. The lowest BCUT2D eigenvalue weighted by molar-refractivity contribution is 0.282. The van der Waals surface area contributed by atoms with Crippen LogP contribution in [0.4, 0.5) is 5.69 Å². The zero-order valence-corrected chi connectivity index (χ0v) is 9.78. The zero-order chi connectivity index (χ0) is 9.68. The van der Waals surface area contributed by atoms with Crippen molar-refractivity contribution in [2.24, 2.45) is 0 Å². The van der Waals surface area contributed by atoms with Gasteiger partial charge in [0.1, 0.15) is 0 Å². The topological polar surface area (TPSA) is 32.3 Å². The van der Waals surface area contributed by atoms with Gasteiger partial charge in [0.2, 0.25) is 0 Å². The van der Waals surface area contributed by atoms with E-state index in [2.05, 4.69) is 34.8 Å². The predicted octanol–water partition coefficient (Wildman–Crippen LogP) is 2.41. The van der Waals surface area contributed by atoms with Crippen LogP contribution in [0, 0.1) is 0 Å². The van der Waals surface area contributed by atoms with E-state index in [1.165, 1.54) is 0 Å². The van der Waals surface area contributed by atoms with Crippen LogP contribution in [0.25, 0.3) is 0 Å². The minimum atomic E-state index is 0.106. The lowest BCUT2D eigenvalue weighted by atomic mass is 10.2. The van der Waals surface area contributed by atoms with Crippen molar-refractivity contribution in [2.45, 2.75) is 17.5 Å². The smallest absolute Gasteiger partial charge is 0.0682 e. The summed E-state index contributed by atoms with van der Waals surface area (Å²) in [6, 6.07) is 7.85. The second-order valence-corrected chi connectivity index (χ2v) is 5.15. The Bertz CT molecular complexity index is 263. The average Bonchev–Trinajstić information content (AvgIpc) is 2.15. The summed E-state index contributed by atoms with van der Waals surface area (Å²) in [4.78, 5) is 0. The third kappa shape index (κ3) is 3.95. The molecule has 1 atom stereocenters. The van der Waals surface area contributed by atoms with Gasteiger partial charge in [0.15, 0.2) is 0 Å². The van der Waals surface area contributed by atoms with E-state index < -0.39 is 0 Å². The van der Waals surface area contributed by atoms with Gasteiger partial charge in [-0.2, -0.15) is 0 Å². The fraction of sp³-hybridized carbons (Fsp3) is 0.400. The molecule has 0 saturated carbocycles. The van der Waals surface area contributed by atoms with Gasteiger partial charge in [-0.3, -0.25) is 0 Å². The summed E-state index contributed by atoms with van der Waals surface area (Å²) in [6.45, 7) is 3.22. The first kappa shape index (κ1) is 10.8. The van der Waals surface area contributed by atoms with Crippen LogP contribution in [0.2, 0.25) is 0 Å². The van der Waals surface area contributed by atoms with Crippen molar-refractivity contribution >= 4 is 28.3 Å². The van der Waals surface area contributed by atoms with Crippen molar-refractivity contribution in [1.29, 1.82) is 0 Å². The molecule has 72 valence electrons. The number of alkyl halides is 1. The molecule has 0 amide bonds.